The van der Waals surface area contributed by atoms with Crippen LogP contribution in [0.2, 0.25) is 0 Å². The number of aliphatic hydroxyl groups excluding tert-OH is 1. The lowest BCUT2D eigenvalue weighted by molar-refractivity contribution is -0.384. The maximum atomic E-state index is 13.6. The van der Waals surface area contributed by atoms with Crippen LogP contribution >= 0.6 is 0 Å². The SMILES string of the molecule is O=C(C1=C(O)C(=O)N(CCN2CCOCC2)[C@@H]1c1ccc([N+](=O)[O-])cc1)c1cc2ccccc2o1. The number of carbonyl (C=O) groups is 2. The fraction of sp³-hybridized carbons (Fsp3) is 0.280. The van der Waals surface area contributed by atoms with Crippen molar-refractivity contribution in [2.75, 3.05) is 39.4 Å². The number of aliphatic hydroxyl groups is 1. The summed E-state index contributed by atoms with van der Waals surface area (Å²) in [5, 5.41) is 22.7. The molecule has 0 radical (unpaired) electrons. The van der Waals surface area contributed by atoms with Crippen molar-refractivity contribution in [3.05, 3.63) is 87.4 Å². The smallest absolute Gasteiger partial charge is 0.290 e. The highest BCUT2D eigenvalue weighted by molar-refractivity contribution is 6.16. The first-order valence-corrected chi connectivity index (χ1v) is 11.3. The van der Waals surface area contributed by atoms with Gasteiger partial charge in [0.15, 0.2) is 11.5 Å². The Labute approximate surface area is 200 Å². The van der Waals surface area contributed by atoms with E-state index in [0.29, 0.717) is 44.0 Å². The summed E-state index contributed by atoms with van der Waals surface area (Å²) >= 11 is 0. The maximum Gasteiger partial charge on any atom is 0.290 e. The van der Waals surface area contributed by atoms with Gasteiger partial charge < -0.3 is 19.2 Å². The minimum Gasteiger partial charge on any atom is -0.503 e. The summed E-state index contributed by atoms with van der Waals surface area (Å²) in [5.41, 5.74) is 0.770. The molecule has 1 atom stereocenters. The van der Waals surface area contributed by atoms with Crippen LogP contribution in [0, 0.1) is 10.1 Å². The number of Topliss-reactive ketones (excluding diaryl/α,β-unsaturated/α-hetero) is 1. The van der Waals surface area contributed by atoms with Crippen molar-refractivity contribution >= 4 is 28.3 Å². The van der Waals surface area contributed by atoms with E-state index in [9.17, 15) is 24.8 Å². The number of carbonyl (C=O) groups excluding carboxylic acids is 2. The third-order valence-electron chi connectivity index (χ3n) is 6.38. The van der Waals surface area contributed by atoms with E-state index < -0.39 is 28.4 Å². The van der Waals surface area contributed by atoms with Crippen molar-refractivity contribution in [2.24, 2.45) is 0 Å². The topological polar surface area (TPSA) is 126 Å². The second-order valence-electron chi connectivity index (χ2n) is 8.44. The average molecular weight is 477 g/mol. The first kappa shape index (κ1) is 22.8. The third-order valence-corrected chi connectivity index (χ3v) is 6.38. The molecule has 0 unspecified atom stereocenters. The molecule has 10 heteroatoms. The highest BCUT2D eigenvalue weighted by Crippen LogP contribution is 2.40. The van der Waals surface area contributed by atoms with Crippen molar-refractivity contribution in [3.63, 3.8) is 0 Å². The predicted octanol–water partition coefficient (Wildman–Crippen LogP) is 3.25. The number of nitro groups is 1. The van der Waals surface area contributed by atoms with Gasteiger partial charge in [-0.1, -0.05) is 18.2 Å². The minimum atomic E-state index is -0.912. The van der Waals surface area contributed by atoms with Gasteiger partial charge in [-0.15, -0.1) is 0 Å². The summed E-state index contributed by atoms with van der Waals surface area (Å²) in [6.07, 6.45) is 0. The molecule has 1 aromatic heterocycles. The summed E-state index contributed by atoms with van der Waals surface area (Å²) in [6, 6.07) is 13.4. The molecule has 5 rings (SSSR count). The van der Waals surface area contributed by atoms with Crippen LogP contribution < -0.4 is 0 Å². The summed E-state index contributed by atoms with van der Waals surface area (Å²) in [5.74, 6) is -1.91. The number of non-ortho nitro benzene ring substituents is 1. The minimum absolute atomic E-state index is 0.00231. The van der Waals surface area contributed by atoms with Gasteiger partial charge in [-0.2, -0.15) is 0 Å². The summed E-state index contributed by atoms with van der Waals surface area (Å²) in [6.45, 7) is 3.40. The Kier molecular flexibility index (Phi) is 6.06. The van der Waals surface area contributed by atoms with Crippen molar-refractivity contribution in [2.45, 2.75) is 6.04 Å². The third kappa shape index (κ3) is 4.29. The molecule has 3 heterocycles. The molecule has 0 saturated carbocycles. The lowest BCUT2D eigenvalue weighted by Gasteiger charge is -2.31. The molecule has 2 aliphatic heterocycles. The standard InChI is InChI=1S/C25H23N3O7/c29-23(20-15-17-3-1-2-4-19(17)35-20)21-22(16-5-7-18(8-6-16)28(32)33)27(25(31)24(21)30)10-9-26-11-13-34-14-12-26/h1-8,15,22,30H,9-14H2/t22-/m1/s1. The summed E-state index contributed by atoms with van der Waals surface area (Å²) in [4.78, 5) is 40.9. The van der Waals surface area contributed by atoms with E-state index in [2.05, 4.69) is 4.90 Å². The van der Waals surface area contributed by atoms with Crippen LogP contribution in [0.25, 0.3) is 11.0 Å². The zero-order valence-electron chi connectivity index (χ0n) is 18.8. The highest BCUT2D eigenvalue weighted by Gasteiger charge is 2.44. The number of morpholine rings is 1. The van der Waals surface area contributed by atoms with Crippen LogP contribution in [0.15, 0.2) is 70.3 Å². The predicted molar refractivity (Wildman–Crippen MR) is 125 cm³/mol. The van der Waals surface area contributed by atoms with Crippen LogP contribution in [0.1, 0.15) is 22.2 Å². The Bertz CT molecular complexity index is 1290. The number of amides is 1. The van der Waals surface area contributed by atoms with Crippen LogP contribution in [-0.4, -0.2) is 70.9 Å². The van der Waals surface area contributed by atoms with Gasteiger partial charge in [0.05, 0.1) is 29.8 Å². The average Bonchev–Trinajstić information content (AvgIpc) is 3.42. The molecule has 2 aliphatic rings. The van der Waals surface area contributed by atoms with Crippen molar-refractivity contribution in [1.29, 1.82) is 0 Å². The Morgan fingerprint density at radius 3 is 2.49 bits per heavy atom. The molecule has 2 aromatic carbocycles. The molecule has 35 heavy (non-hydrogen) atoms. The quantitative estimate of drug-likeness (QED) is 0.312. The zero-order valence-corrected chi connectivity index (χ0v) is 18.8. The zero-order chi connectivity index (χ0) is 24.5. The molecule has 1 N–H and O–H groups in total. The molecule has 0 bridgehead atoms. The fourth-order valence-electron chi connectivity index (χ4n) is 4.54. The van der Waals surface area contributed by atoms with E-state index in [1.165, 1.54) is 29.2 Å². The molecule has 1 amide bonds. The fourth-order valence-corrected chi connectivity index (χ4v) is 4.54. The van der Waals surface area contributed by atoms with Crippen molar-refractivity contribution < 1.29 is 28.8 Å². The maximum absolute atomic E-state index is 13.6. The molecular weight excluding hydrogens is 454 g/mol. The van der Waals surface area contributed by atoms with E-state index in [-0.39, 0.29) is 23.6 Å². The number of fused-ring (bicyclic) bond motifs is 1. The van der Waals surface area contributed by atoms with Crippen LogP contribution in [0.5, 0.6) is 0 Å². The normalized spacial score (nSPS) is 19.0. The monoisotopic (exact) mass is 477 g/mol. The number of benzene rings is 2. The van der Waals surface area contributed by atoms with Crippen LogP contribution in [-0.2, 0) is 9.53 Å². The lowest BCUT2D eigenvalue weighted by Crippen LogP contribution is -2.43. The number of furan rings is 1. The number of hydrogen-bond donors (Lipinski definition) is 1. The second kappa shape index (κ2) is 9.32. The van der Waals surface area contributed by atoms with Crippen molar-refractivity contribution in [3.8, 4) is 0 Å². The van der Waals surface area contributed by atoms with E-state index in [1.807, 2.05) is 6.07 Å². The Morgan fingerprint density at radius 2 is 1.80 bits per heavy atom. The van der Waals surface area contributed by atoms with Gasteiger partial charge in [0, 0.05) is 43.7 Å². The van der Waals surface area contributed by atoms with Gasteiger partial charge in [-0.25, -0.2) is 0 Å². The molecule has 1 saturated heterocycles. The first-order valence-electron chi connectivity index (χ1n) is 11.3. The van der Waals surface area contributed by atoms with Crippen LogP contribution in [0.4, 0.5) is 5.69 Å². The van der Waals surface area contributed by atoms with Crippen molar-refractivity contribution in [1.82, 2.24) is 9.80 Å². The number of para-hydroxylation sites is 1. The number of ketones is 1. The lowest BCUT2D eigenvalue weighted by atomic mass is 9.95. The summed E-state index contributed by atoms with van der Waals surface area (Å²) in [7, 11) is 0. The Morgan fingerprint density at radius 1 is 1.09 bits per heavy atom. The van der Waals surface area contributed by atoms with Crippen LogP contribution in [0.3, 0.4) is 0 Å². The Hall–Kier alpha value is -4.02. The number of nitrogens with zero attached hydrogens (tertiary/aromatic N) is 3. The molecule has 3 aromatic rings. The van der Waals surface area contributed by atoms with E-state index >= 15 is 0 Å². The van der Waals surface area contributed by atoms with Gasteiger partial charge >= 0.3 is 0 Å². The number of nitro benzene ring substituents is 1. The van der Waals surface area contributed by atoms with Gasteiger partial charge in [-0.05, 0) is 29.8 Å². The highest BCUT2D eigenvalue weighted by atomic mass is 16.6. The molecule has 1 fully saturated rings. The summed E-state index contributed by atoms with van der Waals surface area (Å²) < 4.78 is 11.1. The Balaban J connectivity index is 1.51. The molecule has 180 valence electrons. The van der Waals surface area contributed by atoms with Gasteiger partial charge in [0.1, 0.15) is 5.58 Å². The van der Waals surface area contributed by atoms with E-state index in [1.54, 1.807) is 24.3 Å². The van der Waals surface area contributed by atoms with E-state index in [0.717, 1.165) is 5.39 Å². The molecule has 10 nitrogen and oxygen atoms in total. The number of rotatable bonds is 7. The van der Waals surface area contributed by atoms with E-state index in [4.69, 9.17) is 9.15 Å². The largest absolute Gasteiger partial charge is 0.503 e. The molecule has 0 spiro atoms. The number of hydrogen-bond acceptors (Lipinski definition) is 8. The van der Waals surface area contributed by atoms with Gasteiger partial charge in [0.25, 0.3) is 11.6 Å². The van der Waals surface area contributed by atoms with Gasteiger partial charge in [0.2, 0.25) is 5.78 Å². The van der Waals surface area contributed by atoms with Gasteiger partial charge in [-0.3, -0.25) is 24.6 Å². The molecular formula is C25H23N3O7. The number of ether oxygens (including phenoxy) is 1. The second-order valence-corrected chi connectivity index (χ2v) is 8.44. The molecule has 0 aliphatic carbocycles. The first-order chi connectivity index (χ1) is 16.9.